The van der Waals surface area contributed by atoms with E-state index in [4.69, 9.17) is 4.74 Å². The maximum atomic E-state index is 13.8. The van der Waals surface area contributed by atoms with Crippen LogP contribution in [0.25, 0.3) is 0 Å². The number of carbonyl (C=O) groups is 1. The zero-order chi connectivity index (χ0) is 15.1. The van der Waals surface area contributed by atoms with Crippen molar-refractivity contribution in [3.8, 4) is 5.75 Å². The monoisotopic (exact) mass is 288 g/mol. The van der Waals surface area contributed by atoms with Crippen LogP contribution < -0.4 is 15.4 Å². The molecule has 0 bridgehead atoms. The summed E-state index contributed by atoms with van der Waals surface area (Å²) in [7, 11) is 1.76. The third-order valence-electron chi connectivity index (χ3n) is 2.82. The number of para-hydroxylation sites is 2. The number of carbonyl (C=O) groups excluding carboxylic acids is 1. The van der Waals surface area contributed by atoms with Crippen LogP contribution in [0.1, 0.15) is 5.56 Å². The highest BCUT2D eigenvalue weighted by molar-refractivity contribution is 5.91. The average Bonchev–Trinajstić information content (AvgIpc) is 2.48. The number of amides is 1. The number of rotatable bonds is 6. The largest absolute Gasteiger partial charge is 0.480 e. The zero-order valence-corrected chi connectivity index (χ0v) is 11.7. The van der Waals surface area contributed by atoms with Crippen LogP contribution >= 0.6 is 0 Å². The van der Waals surface area contributed by atoms with Gasteiger partial charge in [-0.25, -0.2) is 4.39 Å². The van der Waals surface area contributed by atoms with Gasteiger partial charge < -0.3 is 15.4 Å². The van der Waals surface area contributed by atoms with Gasteiger partial charge in [-0.2, -0.15) is 0 Å². The van der Waals surface area contributed by atoms with Crippen molar-refractivity contribution in [1.82, 2.24) is 5.32 Å². The molecule has 21 heavy (non-hydrogen) atoms. The molecule has 0 aliphatic rings. The number of halogens is 1. The molecule has 2 N–H and O–H groups in total. The number of hydrogen-bond acceptors (Lipinski definition) is 3. The summed E-state index contributed by atoms with van der Waals surface area (Å²) < 4.78 is 19.1. The minimum atomic E-state index is -0.477. The molecule has 0 unspecified atom stereocenters. The second-order valence-electron chi connectivity index (χ2n) is 4.46. The van der Waals surface area contributed by atoms with Crippen LogP contribution in [-0.2, 0) is 11.3 Å². The normalized spacial score (nSPS) is 10.2. The Morgan fingerprint density at radius 2 is 1.90 bits per heavy atom. The molecular formula is C16H17FN2O2. The molecule has 0 atom stereocenters. The molecule has 0 spiro atoms. The van der Waals surface area contributed by atoms with E-state index in [2.05, 4.69) is 10.6 Å². The highest BCUT2D eigenvalue weighted by Crippen LogP contribution is 2.22. The second-order valence-corrected chi connectivity index (χ2v) is 4.46. The molecular weight excluding hydrogens is 271 g/mol. The van der Waals surface area contributed by atoms with E-state index < -0.39 is 5.82 Å². The van der Waals surface area contributed by atoms with E-state index >= 15 is 0 Å². The first-order chi connectivity index (χ1) is 10.2. The molecule has 2 aromatic rings. The fourth-order valence-corrected chi connectivity index (χ4v) is 1.90. The summed E-state index contributed by atoms with van der Waals surface area (Å²) in [4.78, 5) is 11.8. The molecule has 0 aromatic heterocycles. The van der Waals surface area contributed by atoms with Gasteiger partial charge in [-0.15, -0.1) is 0 Å². The Morgan fingerprint density at radius 3 is 2.62 bits per heavy atom. The van der Waals surface area contributed by atoms with Crippen molar-refractivity contribution in [2.75, 3.05) is 19.0 Å². The van der Waals surface area contributed by atoms with E-state index in [-0.39, 0.29) is 18.3 Å². The van der Waals surface area contributed by atoms with Crippen molar-refractivity contribution in [1.29, 1.82) is 0 Å². The molecule has 2 rings (SSSR count). The van der Waals surface area contributed by atoms with Gasteiger partial charge in [-0.3, -0.25) is 4.79 Å². The third kappa shape index (κ3) is 4.29. The highest BCUT2D eigenvalue weighted by Gasteiger charge is 2.11. The van der Waals surface area contributed by atoms with Gasteiger partial charge in [0, 0.05) is 17.8 Å². The summed E-state index contributed by atoms with van der Waals surface area (Å²) in [5, 5.41) is 5.61. The number of benzene rings is 2. The molecule has 1 amide bonds. The maximum Gasteiger partial charge on any atom is 0.262 e. The van der Waals surface area contributed by atoms with Crippen LogP contribution in [0.5, 0.6) is 5.75 Å². The Labute approximate surface area is 122 Å². The van der Waals surface area contributed by atoms with E-state index in [9.17, 15) is 9.18 Å². The Balaban J connectivity index is 1.98. The van der Waals surface area contributed by atoms with Gasteiger partial charge in [0.2, 0.25) is 0 Å². The Bertz CT molecular complexity index is 602. The Morgan fingerprint density at radius 1 is 1.14 bits per heavy atom. The van der Waals surface area contributed by atoms with Gasteiger partial charge in [0.25, 0.3) is 5.91 Å². The summed E-state index contributed by atoms with van der Waals surface area (Å²) in [6.07, 6.45) is 0. The fourth-order valence-electron chi connectivity index (χ4n) is 1.90. The first-order valence-electron chi connectivity index (χ1n) is 6.60. The van der Waals surface area contributed by atoms with Crippen molar-refractivity contribution in [2.45, 2.75) is 6.54 Å². The lowest BCUT2D eigenvalue weighted by molar-refractivity contribution is -0.118. The van der Waals surface area contributed by atoms with Gasteiger partial charge >= 0.3 is 0 Å². The zero-order valence-electron chi connectivity index (χ0n) is 11.7. The van der Waals surface area contributed by atoms with Crippen LogP contribution in [0.2, 0.25) is 0 Å². The molecule has 0 radical (unpaired) electrons. The van der Waals surface area contributed by atoms with E-state index in [1.807, 2.05) is 18.2 Å². The predicted molar refractivity (Wildman–Crippen MR) is 79.7 cm³/mol. The second kappa shape index (κ2) is 7.40. The van der Waals surface area contributed by atoms with Gasteiger partial charge in [0.05, 0.1) is 0 Å². The minimum absolute atomic E-state index is 0.107. The molecule has 0 aliphatic heterocycles. The van der Waals surface area contributed by atoms with Crippen LogP contribution in [0.15, 0.2) is 48.5 Å². The molecule has 5 heteroatoms. The quantitative estimate of drug-likeness (QED) is 0.859. The van der Waals surface area contributed by atoms with Crippen LogP contribution in [-0.4, -0.2) is 19.6 Å². The first kappa shape index (κ1) is 15.0. The molecule has 2 aromatic carbocycles. The summed E-state index contributed by atoms with van der Waals surface area (Å²) in [6, 6.07) is 13.7. The Kier molecular flexibility index (Phi) is 5.29. The van der Waals surface area contributed by atoms with Crippen molar-refractivity contribution < 1.29 is 13.9 Å². The topological polar surface area (TPSA) is 50.4 Å². The van der Waals surface area contributed by atoms with Crippen molar-refractivity contribution in [3.05, 3.63) is 59.9 Å². The van der Waals surface area contributed by atoms with Crippen LogP contribution in [0.4, 0.5) is 10.1 Å². The lowest BCUT2D eigenvalue weighted by Gasteiger charge is -2.12. The van der Waals surface area contributed by atoms with Gasteiger partial charge in [0.15, 0.2) is 18.2 Å². The van der Waals surface area contributed by atoms with Gasteiger partial charge in [-0.1, -0.05) is 30.3 Å². The lowest BCUT2D eigenvalue weighted by Crippen LogP contribution is -2.21. The SMILES string of the molecule is CNCc1cccc(F)c1OCC(=O)Nc1ccccc1. The minimum Gasteiger partial charge on any atom is -0.480 e. The predicted octanol–water partition coefficient (Wildman–Crippen LogP) is 2.56. The number of hydrogen-bond donors (Lipinski definition) is 2. The molecule has 4 nitrogen and oxygen atoms in total. The van der Waals surface area contributed by atoms with Crippen molar-refractivity contribution in [3.63, 3.8) is 0 Å². The van der Waals surface area contributed by atoms with E-state index in [0.29, 0.717) is 17.8 Å². The average molecular weight is 288 g/mol. The summed E-state index contributed by atoms with van der Waals surface area (Å²) in [5.41, 5.74) is 1.35. The molecule has 0 heterocycles. The molecule has 0 saturated carbocycles. The lowest BCUT2D eigenvalue weighted by atomic mass is 10.2. The first-order valence-corrected chi connectivity index (χ1v) is 6.60. The smallest absolute Gasteiger partial charge is 0.262 e. The fraction of sp³-hybridized carbons (Fsp3) is 0.188. The standard InChI is InChI=1S/C16H17FN2O2/c1-18-10-12-6-5-9-14(17)16(12)21-11-15(20)19-13-7-3-2-4-8-13/h2-9,18H,10-11H2,1H3,(H,19,20). The summed E-state index contributed by atoms with van der Waals surface area (Å²) in [6.45, 7) is 0.222. The molecule has 0 fully saturated rings. The number of ether oxygens (including phenoxy) is 1. The van der Waals surface area contributed by atoms with Crippen LogP contribution in [0, 0.1) is 5.82 Å². The van der Waals surface area contributed by atoms with Crippen molar-refractivity contribution >= 4 is 11.6 Å². The molecule has 0 saturated heterocycles. The van der Waals surface area contributed by atoms with Crippen LogP contribution in [0.3, 0.4) is 0 Å². The summed E-state index contributed by atoms with van der Waals surface area (Å²) >= 11 is 0. The third-order valence-corrected chi connectivity index (χ3v) is 2.82. The van der Waals surface area contributed by atoms with Gasteiger partial charge in [0.1, 0.15) is 0 Å². The number of anilines is 1. The molecule has 0 aliphatic carbocycles. The van der Waals surface area contributed by atoms with Gasteiger partial charge in [-0.05, 0) is 25.2 Å². The van der Waals surface area contributed by atoms with E-state index in [0.717, 1.165) is 0 Å². The van der Waals surface area contributed by atoms with Crippen molar-refractivity contribution in [2.24, 2.45) is 0 Å². The van der Waals surface area contributed by atoms with E-state index in [1.54, 1.807) is 31.3 Å². The Hall–Kier alpha value is -2.40. The maximum absolute atomic E-state index is 13.8. The highest BCUT2D eigenvalue weighted by atomic mass is 19.1. The number of nitrogens with one attached hydrogen (secondary N) is 2. The summed E-state index contributed by atoms with van der Waals surface area (Å²) in [5.74, 6) is -0.704. The molecule has 110 valence electrons. The van der Waals surface area contributed by atoms with E-state index in [1.165, 1.54) is 6.07 Å².